The molecular formula is C15H15N3OS2. The number of nitrogens with two attached hydrogens (primary N) is 1. The molecule has 108 valence electrons. The summed E-state index contributed by atoms with van der Waals surface area (Å²) >= 11 is 2.98. The Bertz CT molecular complexity index is 688. The summed E-state index contributed by atoms with van der Waals surface area (Å²) in [6.07, 6.45) is 0.400. The van der Waals surface area contributed by atoms with E-state index in [4.69, 9.17) is 11.0 Å². The number of anilines is 2. The summed E-state index contributed by atoms with van der Waals surface area (Å²) < 4.78 is 0. The fourth-order valence-corrected chi connectivity index (χ4v) is 3.38. The summed E-state index contributed by atoms with van der Waals surface area (Å²) in [6.45, 7) is 1.96. The molecule has 0 aliphatic carbocycles. The van der Waals surface area contributed by atoms with Crippen LogP contribution in [0.2, 0.25) is 0 Å². The Morgan fingerprint density at radius 3 is 3.00 bits per heavy atom. The molecule has 1 aromatic heterocycles. The second kappa shape index (κ2) is 7.16. The van der Waals surface area contributed by atoms with E-state index in [0.29, 0.717) is 22.7 Å². The lowest BCUT2D eigenvalue weighted by molar-refractivity contribution is -0.115. The predicted molar refractivity (Wildman–Crippen MR) is 88.6 cm³/mol. The van der Waals surface area contributed by atoms with E-state index in [1.54, 1.807) is 23.2 Å². The Labute approximate surface area is 132 Å². The molecule has 2 rings (SSSR count). The highest BCUT2D eigenvalue weighted by Crippen LogP contribution is 2.24. The number of thiophene rings is 1. The number of nitrogens with zero attached hydrogens (tertiary/aromatic N) is 1. The zero-order valence-electron chi connectivity index (χ0n) is 11.6. The van der Waals surface area contributed by atoms with Crippen LogP contribution >= 0.6 is 23.1 Å². The number of nitrogen functional groups attached to an aromatic ring is 1. The number of thioether (sulfide) groups is 1. The van der Waals surface area contributed by atoms with Crippen molar-refractivity contribution in [2.24, 2.45) is 0 Å². The van der Waals surface area contributed by atoms with Gasteiger partial charge in [-0.3, -0.25) is 4.79 Å². The zero-order chi connectivity index (χ0) is 15.2. The van der Waals surface area contributed by atoms with Crippen molar-refractivity contribution in [2.75, 3.05) is 16.8 Å². The topological polar surface area (TPSA) is 78.9 Å². The number of carbonyl (C=O) groups excluding carboxylic acids is 1. The maximum absolute atomic E-state index is 11.8. The number of rotatable bonds is 5. The molecule has 0 saturated heterocycles. The van der Waals surface area contributed by atoms with Crippen LogP contribution < -0.4 is 11.1 Å². The lowest BCUT2D eigenvalue weighted by Gasteiger charge is -2.05. The van der Waals surface area contributed by atoms with Gasteiger partial charge in [-0.15, -0.1) is 23.1 Å². The highest BCUT2D eigenvalue weighted by atomic mass is 32.2. The SMILES string of the molecule is Cc1cc(SCCC(=O)Nc2sccc2C#N)ccc1N. The molecular weight excluding hydrogens is 302 g/mol. The molecule has 0 fully saturated rings. The fourth-order valence-electron chi connectivity index (χ4n) is 1.68. The molecule has 2 aromatic rings. The molecule has 1 amide bonds. The van der Waals surface area contributed by atoms with Crippen molar-refractivity contribution in [1.29, 1.82) is 5.26 Å². The monoisotopic (exact) mass is 317 g/mol. The number of carbonyl (C=O) groups is 1. The van der Waals surface area contributed by atoms with Gasteiger partial charge in [-0.1, -0.05) is 0 Å². The van der Waals surface area contributed by atoms with Gasteiger partial charge in [0.1, 0.15) is 11.1 Å². The first kappa shape index (κ1) is 15.4. The Morgan fingerprint density at radius 1 is 1.48 bits per heavy atom. The van der Waals surface area contributed by atoms with Gasteiger partial charge in [-0.2, -0.15) is 5.26 Å². The highest BCUT2D eigenvalue weighted by molar-refractivity contribution is 7.99. The van der Waals surface area contributed by atoms with Gasteiger partial charge in [-0.05, 0) is 42.1 Å². The van der Waals surface area contributed by atoms with E-state index in [1.807, 2.05) is 25.1 Å². The molecule has 0 unspecified atom stereocenters. The fraction of sp³-hybridized carbons (Fsp3) is 0.200. The van der Waals surface area contributed by atoms with Gasteiger partial charge in [-0.25, -0.2) is 0 Å². The second-order valence-electron chi connectivity index (χ2n) is 4.44. The smallest absolute Gasteiger partial charge is 0.225 e. The van der Waals surface area contributed by atoms with Crippen molar-refractivity contribution in [3.05, 3.63) is 40.8 Å². The third-order valence-electron chi connectivity index (χ3n) is 2.88. The van der Waals surface area contributed by atoms with Crippen LogP contribution in [0.5, 0.6) is 0 Å². The van der Waals surface area contributed by atoms with E-state index < -0.39 is 0 Å². The summed E-state index contributed by atoms with van der Waals surface area (Å²) in [5, 5.41) is 14.1. The van der Waals surface area contributed by atoms with E-state index in [-0.39, 0.29) is 5.91 Å². The van der Waals surface area contributed by atoms with Crippen molar-refractivity contribution in [3.63, 3.8) is 0 Å². The summed E-state index contributed by atoms with van der Waals surface area (Å²) in [5.74, 6) is 0.608. The normalized spacial score (nSPS) is 10.1. The molecule has 0 aliphatic rings. The van der Waals surface area contributed by atoms with E-state index in [0.717, 1.165) is 16.1 Å². The molecule has 0 aliphatic heterocycles. The van der Waals surface area contributed by atoms with E-state index in [9.17, 15) is 4.79 Å². The number of amides is 1. The lowest BCUT2D eigenvalue weighted by atomic mass is 10.2. The maximum atomic E-state index is 11.8. The molecule has 21 heavy (non-hydrogen) atoms. The first-order valence-electron chi connectivity index (χ1n) is 6.36. The lowest BCUT2D eigenvalue weighted by Crippen LogP contribution is -2.11. The van der Waals surface area contributed by atoms with Gasteiger partial charge in [0.15, 0.2) is 0 Å². The molecule has 0 spiro atoms. The van der Waals surface area contributed by atoms with Crippen molar-refractivity contribution < 1.29 is 4.79 Å². The number of hydrogen-bond donors (Lipinski definition) is 2. The Hall–Kier alpha value is -1.97. The number of aryl methyl sites for hydroxylation is 1. The minimum Gasteiger partial charge on any atom is -0.399 e. The number of benzene rings is 1. The first-order chi connectivity index (χ1) is 10.1. The minimum absolute atomic E-state index is 0.0754. The Balaban J connectivity index is 1.82. The maximum Gasteiger partial charge on any atom is 0.225 e. The predicted octanol–water partition coefficient (Wildman–Crippen LogP) is 3.63. The van der Waals surface area contributed by atoms with E-state index in [2.05, 4.69) is 11.4 Å². The Kier molecular flexibility index (Phi) is 5.26. The molecule has 1 aromatic carbocycles. The summed E-state index contributed by atoms with van der Waals surface area (Å²) in [5.41, 5.74) is 8.10. The molecule has 0 radical (unpaired) electrons. The standard InChI is InChI=1S/C15H15N3OS2/c1-10-8-12(2-3-13(10)17)20-7-5-14(19)18-15-11(9-16)4-6-21-15/h2-4,6,8H,5,7,17H2,1H3,(H,18,19). The van der Waals surface area contributed by atoms with Crippen LogP contribution in [0.15, 0.2) is 34.5 Å². The van der Waals surface area contributed by atoms with Gasteiger partial charge in [0.05, 0.1) is 5.56 Å². The molecule has 4 nitrogen and oxygen atoms in total. The van der Waals surface area contributed by atoms with Crippen LogP contribution in [0.4, 0.5) is 10.7 Å². The minimum atomic E-state index is -0.0754. The van der Waals surface area contributed by atoms with Crippen molar-refractivity contribution in [1.82, 2.24) is 0 Å². The zero-order valence-corrected chi connectivity index (χ0v) is 13.2. The second-order valence-corrected chi connectivity index (χ2v) is 6.52. The quantitative estimate of drug-likeness (QED) is 0.652. The molecule has 1 heterocycles. The largest absolute Gasteiger partial charge is 0.399 e. The van der Waals surface area contributed by atoms with E-state index >= 15 is 0 Å². The Morgan fingerprint density at radius 2 is 2.29 bits per heavy atom. The molecule has 0 bridgehead atoms. The van der Waals surface area contributed by atoms with Crippen molar-refractivity contribution >= 4 is 39.7 Å². The van der Waals surface area contributed by atoms with Gasteiger partial charge in [0.2, 0.25) is 5.91 Å². The van der Waals surface area contributed by atoms with Crippen molar-refractivity contribution in [2.45, 2.75) is 18.2 Å². The first-order valence-corrected chi connectivity index (χ1v) is 8.23. The van der Waals surface area contributed by atoms with Gasteiger partial charge in [0, 0.05) is 22.8 Å². The number of nitrogens with one attached hydrogen (secondary N) is 1. The van der Waals surface area contributed by atoms with E-state index in [1.165, 1.54) is 11.3 Å². The molecule has 3 N–H and O–H groups in total. The van der Waals surface area contributed by atoms with Crippen LogP contribution in [-0.4, -0.2) is 11.7 Å². The van der Waals surface area contributed by atoms with Crippen LogP contribution in [0.1, 0.15) is 17.5 Å². The van der Waals surface area contributed by atoms with Crippen LogP contribution in [0.3, 0.4) is 0 Å². The summed E-state index contributed by atoms with van der Waals surface area (Å²) in [7, 11) is 0. The van der Waals surface area contributed by atoms with Crippen molar-refractivity contribution in [3.8, 4) is 6.07 Å². The highest BCUT2D eigenvalue weighted by Gasteiger charge is 2.08. The summed E-state index contributed by atoms with van der Waals surface area (Å²) in [6, 6.07) is 9.61. The number of hydrogen-bond acceptors (Lipinski definition) is 5. The number of nitriles is 1. The molecule has 0 saturated carbocycles. The summed E-state index contributed by atoms with van der Waals surface area (Å²) in [4.78, 5) is 12.9. The van der Waals surface area contributed by atoms with Crippen LogP contribution in [0.25, 0.3) is 0 Å². The van der Waals surface area contributed by atoms with Crippen LogP contribution in [-0.2, 0) is 4.79 Å². The third kappa shape index (κ3) is 4.25. The average Bonchev–Trinajstić information content (AvgIpc) is 2.90. The average molecular weight is 317 g/mol. The van der Waals surface area contributed by atoms with Crippen LogP contribution in [0, 0.1) is 18.3 Å². The molecule has 6 heteroatoms. The van der Waals surface area contributed by atoms with Gasteiger partial charge >= 0.3 is 0 Å². The molecule has 0 atom stereocenters. The van der Waals surface area contributed by atoms with Gasteiger partial charge < -0.3 is 11.1 Å². The van der Waals surface area contributed by atoms with Gasteiger partial charge in [0.25, 0.3) is 0 Å². The third-order valence-corrected chi connectivity index (χ3v) is 4.70.